The van der Waals surface area contributed by atoms with E-state index in [1.54, 1.807) is 62.3 Å². The van der Waals surface area contributed by atoms with Crippen LogP contribution in [0, 0.1) is 16.2 Å². The predicted molar refractivity (Wildman–Crippen MR) is 94.6 cm³/mol. The van der Waals surface area contributed by atoms with E-state index in [9.17, 15) is 19.2 Å². The molecular weight excluding hydrogens is 306 g/mol. The van der Waals surface area contributed by atoms with Crippen molar-refractivity contribution in [3.63, 3.8) is 0 Å². The Kier molecular flexibility index (Phi) is 7.10. The molecule has 0 bridgehead atoms. The van der Waals surface area contributed by atoms with Crippen molar-refractivity contribution in [2.45, 2.75) is 81.2 Å². The van der Waals surface area contributed by atoms with Crippen molar-refractivity contribution in [1.29, 1.82) is 0 Å². The Morgan fingerprint density at radius 3 is 1.46 bits per heavy atom. The minimum absolute atomic E-state index is 0.0605. The SMILES string of the molecule is CC(C)(C)C(=O)CC(=O)NC(CC(=O)C(C)(C)C)C(=O)C(C)(C)C. The van der Waals surface area contributed by atoms with Gasteiger partial charge in [-0.25, -0.2) is 0 Å². The maximum Gasteiger partial charge on any atom is 0.228 e. The second-order valence-corrected chi connectivity index (χ2v) is 9.46. The zero-order valence-corrected chi connectivity index (χ0v) is 16.6. The fraction of sp³-hybridized carbons (Fsp3) is 0.789. The Morgan fingerprint density at radius 1 is 0.708 bits per heavy atom. The zero-order valence-electron chi connectivity index (χ0n) is 16.6. The number of Topliss-reactive ketones (excluding diaryl/α,β-unsaturated/α-hetero) is 3. The largest absolute Gasteiger partial charge is 0.345 e. The zero-order chi connectivity index (χ0) is 19.5. The molecule has 1 amide bonds. The Labute approximate surface area is 146 Å². The van der Waals surface area contributed by atoms with Gasteiger partial charge in [0.25, 0.3) is 0 Å². The van der Waals surface area contributed by atoms with Gasteiger partial charge in [0.2, 0.25) is 5.91 Å². The molecule has 24 heavy (non-hydrogen) atoms. The Bertz CT molecular complexity index is 513. The molecule has 0 aromatic heterocycles. The van der Waals surface area contributed by atoms with Gasteiger partial charge in [0.05, 0.1) is 12.5 Å². The van der Waals surface area contributed by atoms with Gasteiger partial charge in [0.1, 0.15) is 11.6 Å². The van der Waals surface area contributed by atoms with Crippen LogP contribution in [0.25, 0.3) is 0 Å². The monoisotopic (exact) mass is 339 g/mol. The maximum atomic E-state index is 12.6. The molecule has 0 fully saturated rings. The van der Waals surface area contributed by atoms with Gasteiger partial charge in [0, 0.05) is 22.7 Å². The van der Waals surface area contributed by atoms with Crippen molar-refractivity contribution in [1.82, 2.24) is 5.32 Å². The molecule has 0 heterocycles. The average Bonchev–Trinajstić information content (AvgIpc) is 2.33. The summed E-state index contributed by atoms with van der Waals surface area (Å²) in [5.74, 6) is -1.03. The molecule has 1 atom stereocenters. The fourth-order valence-corrected chi connectivity index (χ4v) is 1.88. The second kappa shape index (κ2) is 7.58. The summed E-state index contributed by atoms with van der Waals surface area (Å²) in [5.41, 5.74) is -1.91. The summed E-state index contributed by atoms with van der Waals surface area (Å²) in [7, 11) is 0. The van der Waals surface area contributed by atoms with E-state index in [0.717, 1.165) is 0 Å². The van der Waals surface area contributed by atoms with Crippen molar-refractivity contribution >= 4 is 23.3 Å². The number of hydrogen-bond acceptors (Lipinski definition) is 4. The van der Waals surface area contributed by atoms with Crippen LogP contribution < -0.4 is 5.32 Å². The molecule has 0 rings (SSSR count). The number of rotatable bonds is 6. The van der Waals surface area contributed by atoms with Crippen LogP contribution in [-0.2, 0) is 19.2 Å². The molecular formula is C19H33NO4. The number of carbonyl (C=O) groups is 4. The standard InChI is InChI=1S/C19H33NO4/c1-17(2,3)13(21)10-12(16(24)19(7,8)9)20-15(23)11-14(22)18(4,5)6/h12H,10-11H2,1-9H3,(H,20,23). The Morgan fingerprint density at radius 2 is 1.12 bits per heavy atom. The summed E-state index contributed by atoms with van der Waals surface area (Å²) < 4.78 is 0. The van der Waals surface area contributed by atoms with Gasteiger partial charge in [0.15, 0.2) is 5.78 Å². The highest BCUT2D eigenvalue weighted by Gasteiger charge is 2.35. The van der Waals surface area contributed by atoms with E-state index < -0.39 is 28.2 Å². The lowest BCUT2D eigenvalue weighted by Gasteiger charge is -2.27. The molecule has 0 saturated heterocycles. The van der Waals surface area contributed by atoms with Gasteiger partial charge in [-0.05, 0) is 0 Å². The van der Waals surface area contributed by atoms with E-state index in [-0.39, 0.29) is 30.2 Å². The maximum absolute atomic E-state index is 12.6. The first-order valence-electron chi connectivity index (χ1n) is 8.36. The number of amides is 1. The lowest BCUT2D eigenvalue weighted by Crippen LogP contribution is -2.48. The van der Waals surface area contributed by atoms with E-state index in [4.69, 9.17) is 0 Å². The molecule has 0 aromatic rings. The molecule has 0 spiro atoms. The van der Waals surface area contributed by atoms with Crippen molar-refractivity contribution in [2.24, 2.45) is 16.2 Å². The Hall–Kier alpha value is -1.52. The first-order valence-corrected chi connectivity index (χ1v) is 8.36. The topological polar surface area (TPSA) is 80.3 Å². The molecule has 5 nitrogen and oxygen atoms in total. The van der Waals surface area contributed by atoms with Crippen LogP contribution in [0.4, 0.5) is 0 Å². The normalized spacial score (nSPS) is 14.0. The number of ketones is 3. The van der Waals surface area contributed by atoms with Gasteiger partial charge >= 0.3 is 0 Å². The minimum Gasteiger partial charge on any atom is -0.345 e. The number of nitrogens with one attached hydrogen (secondary N) is 1. The summed E-state index contributed by atoms with van der Waals surface area (Å²) in [5, 5.41) is 2.60. The first-order chi connectivity index (χ1) is 10.5. The summed E-state index contributed by atoms with van der Waals surface area (Å²) in [4.78, 5) is 49.1. The molecule has 5 heteroatoms. The summed E-state index contributed by atoms with van der Waals surface area (Å²) >= 11 is 0. The highest BCUT2D eigenvalue weighted by atomic mass is 16.2. The number of carbonyl (C=O) groups excluding carboxylic acids is 4. The molecule has 0 aliphatic carbocycles. The van der Waals surface area contributed by atoms with Gasteiger partial charge < -0.3 is 5.32 Å². The minimum atomic E-state index is -0.906. The van der Waals surface area contributed by atoms with Crippen LogP contribution >= 0.6 is 0 Å². The van der Waals surface area contributed by atoms with Crippen LogP contribution in [0.1, 0.15) is 75.2 Å². The summed E-state index contributed by atoms with van der Waals surface area (Å²) in [6, 6.07) is -0.906. The average molecular weight is 339 g/mol. The lowest BCUT2D eigenvalue weighted by molar-refractivity contribution is -0.138. The van der Waals surface area contributed by atoms with E-state index in [2.05, 4.69) is 5.32 Å². The van der Waals surface area contributed by atoms with Crippen LogP contribution in [0.5, 0.6) is 0 Å². The molecule has 0 aliphatic rings. The molecule has 0 aromatic carbocycles. The van der Waals surface area contributed by atoms with Gasteiger partial charge in [-0.3, -0.25) is 19.2 Å². The highest BCUT2D eigenvalue weighted by molar-refractivity contribution is 6.03. The highest BCUT2D eigenvalue weighted by Crippen LogP contribution is 2.23. The van der Waals surface area contributed by atoms with Crippen LogP contribution in [0.15, 0.2) is 0 Å². The van der Waals surface area contributed by atoms with Crippen molar-refractivity contribution in [3.05, 3.63) is 0 Å². The van der Waals surface area contributed by atoms with E-state index in [0.29, 0.717) is 0 Å². The fourth-order valence-electron chi connectivity index (χ4n) is 1.88. The van der Waals surface area contributed by atoms with Crippen LogP contribution in [0.3, 0.4) is 0 Å². The van der Waals surface area contributed by atoms with E-state index in [1.165, 1.54) is 0 Å². The molecule has 0 aliphatic heterocycles. The quantitative estimate of drug-likeness (QED) is 0.754. The van der Waals surface area contributed by atoms with Crippen LogP contribution in [0.2, 0.25) is 0 Å². The van der Waals surface area contributed by atoms with Crippen molar-refractivity contribution in [3.8, 4) is 0 Å². The smallest absolute Gasteiger partial charge is 0.228 e. The molecule has 1 N–H and O–H groups in total. The molecule has 138 valence electrons. The van der Waals surface area contributed by atoms with E-state index in [1.807, 2.05) is 0 Å². The summed E-state index contributed by atoms with van der Waals surface area (Å²) in [6.07, 6.45) is -0.351. The van der Waals surface area contributed by atoms with Crippen LogP contribution in [-0.4, -0.2) is 29.3 Å². The van der Waals surface area contributed by atoms with E-state index >= 15 is 0 Å². The Balaban J connectivity index is 5.22. The molecule has 0 radical (unpaired) electrons. The van der Waals surface area contributed by atoms with Gasteiger partial charge in [-0.2, -0.15) is 0 Å². The third kappa shape index (κ3) is 7.37. The lowest BCUT2D eigenvalue weighted by atomic mass is 9.80. The molecule has 1 unspecified atom stereocenters. The third-order valence-corrected chi connectivity index (χ3v) is 3.77. The van der Waals surface area contributed by atoms with Crippen molar-refractivity contribution < 1.29 is 19.2 Å². The first kappa shape index (κ1) is 22.5. The number of hydrogen-bond donors (Lipinski definition) is 1. The van der Waals surface area contributed by atoms with Gasteiger partial charge in [-0.1, -0.05) is 62.3 Å². The van der Waals surface area contributed by atoms with Crippen molar-refractivity contribution in [2.75, 3.05) is 0 Å². The second-order valence-electron chi connectivity index (χ2n) is 9.46. The predicted octanol–water partition coefficient (Wildman–Crippen LogP) is 3.10. The molecule has 0 saturated carbocycles. The van der Waals surface area contributed by atoms with Gasteiger partial charge in [-0.15, -0.1) is 0 Å². The summed E-state index contributed by atoms with van der Waals surface area (Å²) in [6.45, 7) is 15.8. The third-order valence-electron chi connectivity index (χ3n) is 3.77.